The quantitative estimate of drug-likeness (QED) is 0.677. The second kappa shape index (κ2) is 5.31. The molecule has 1 aliphatic rings. The van der Waals surface area contributed by atoms with E-state index < -0.39 is 0 Å². The van der Waals surface area contributed by atoms with E-state index in [0.29, 0.717) is 11.6 Å². The molecule has 3 rings (SSSR count). The van der Waals surface area contributed by atoms with Crippen LogP contribution in [0.2, 0.25) is 5.02 Å². The molecule has 0 saturated carbocycles. The molecule has 0 saturated heterocycles. The Morgan fingerprint density at radius 2 is 2.21 bits per heavy atom. The number of quaternary nitrogens is 1. The number of hydroxylamine groups is 1. The lowest BCUT2D eigenvalue weighted by Crippen LogP contribution is -3.00. The molecular weight excluding hydrogens is 298 g/mol. The molecular formula is C14H12ClNOS2. The van der Waals surface area contributed by atoms with Gasteiger partial charge in [-0.15, -0.1) is 23.1 Å². The molecule has 1 unspecified atom stereocenters. The monoisotopic (exact) mass is 309 g/mol. The summed E-state index contributed by atoms with van der Waals surface area (Å²) >= 11 is 9.51. The molecule has 2 heterocycles. The molecule has 0 fully saturated rings. The largest absolute Gasteiger partial charge is 0.629 e. The van der Waals surface area contributed by atoms with E-state index >= 15 is 0 Å². The first-order chi connectivity index (χ1) is 9.17. The van der Waals surface area contributed by atoms with E-state index in [-0.39, 0.29) is 5.06 Å². The number of fused-ring (bicyclic) bond motifs is 1. The van der Waals surface area contributed by atoms with E-state index in [2.05, 4.69) is 24.5 Å². The van der Waals surface area contributed by atoms with E-state index in [1.54, 1.807) is 29.2 Å². The Morgan fingerprint density at radius 1 is 1.37 bits per heavy atom. The van der Waals surface area contributed by atoms with Crippen LogP contribution in [0.3, 0.4) is 0 Å². The molecule has 0 bridgehead atoms. The van der Waals surface area contributed by atoms with Gasteiger partial charge in [0.05, 0.1) is 4.21 Å². The minimum absolute atomic E-state index is 0.180. The van der Waals surface area contributed by atoms with Crippen LogP contribution >= 0.6 is 34.7 Å². The van der Waals surface area contributed by atoms with E-state index in [4.69, 9.17) is 11.6 Å². The van der Waals surface area contributed by atoms with Gasteiger partial charge in [0.15, 0.2) is 0 Å². The fourth-order valence-corrected chi connectivity index (χ4v) is 3.91. The number of thioether (sulfide) groups is 1. The summed E-state index contributed by atoms with van der Waals surface area (Å²) in [5.41, 5.74) is 2.84. The van der Waals surface area contributed by atoms with Crippen molar-refractivity contribution in [2.24, 2.45) is 0 Å². The zero-order valence-electron chi connectivity index (χ0n) is 10.3. The van der Waals surface area contributed by atoms with Gasteiger partial charge < -0.3 is 10.3 Å². The van der Waals surface area contributed by atoms with Crippen LogP contribution < -0.4 is 5.06 Å². The van der Waals surface area contributed by atoms with Crippen molar-refractivity contribution in [3.63, 3.8) is 0 Å². The first kappa shape index (κ1) is 13.2. The highest BCUT2D eigenvalue weighted by atomic mass is 35.5. The van der Waals surface area contributed by atoms with E-state index in [0.717, 1.165) is 16.8 Å². The van der Waals surface area contributed by atoms with E-state index in [1.807, 2.05) is 12.1 Å². The lowest BCUT2D eigenvalue weighted by Gasteiger charge is -2.14. The Kier molecular flexibility index (Phi) is 3.69. The Morgan fingerprint density at radius 3 is 2.95 bits per heavy atom. The standard InChI is InChI=1S/C14H12ClNOS2/c1-18-14-5-3-11(19-14)6-9-8-16(17)13-4-2-10(15)7-12(9)13/h2-7,16H,8H2,1H3. The fraction of sp³-hybridized carbons (Fsp3) is 0.143. The van der Waals surface area contributed by atoms with Crippen molar-refractivity contribution in [2.75, 3.05) is 12.8 Å². The Hall–Kier alpha value is -0.780. The molecule has 0 aliphatic carbocycles. The maximum atomic E-state index is 12.0. The number of nitrogens with one attached hydrogen (secondary N) is 1. The van der Waals surface area contributed by atoms with Gasteiger partial charge in [-0.25, -0.2) is 0 Å². The molecule has 2 aromatic rings. The van der Waals surface area contributed by atoms with Crippen LogP contribution in [0.4, 0.5) is 5.69 Å². The van der Waals surface area contributed by atoms with Crippen molar-refractivity contribution in [3.05, 3.63) is 51.0 Å². The van der Waals surface area contributed by atoms with Crippen LogP contribution in [-0.4, -0.2) is 12.8 Å². The van der Waals surface area contributed by atoms with Gasteiger partial charge in [0.1, 0.15) is 12.2 Å². The van der Waals surface area contributed by atoms with Crippen LogP contribution in [0.15, 0.2) is 34.5 Å². The topological polar surface area (TPSA) is 27.5 Å². The molecule has 1 aliphatic heterocycles. The predicted octanol–water partition coefficient (Wildman–Crippen LogP) is 3.69. The summed E-state index contributed by atoms with van der Waals surface area (Å²) in [7, 11) is 0. The zero-order valence-corrected chi connectivity index (χ0v) is 12.7. The minimum Gasteiger partial charge on any atom is -0.629 e. The summed E-state index contributed by atoms with van der Waals surface area (Å²) in [6, 6.07) is 9.69. The maximum Gasteiger partial charge on any atom is 0.139 e. The zero-order chi connectivity index (χ0) is 13.4. The summed E-state index contributed by atoms with van der Waals surface area (Å²) in [5, 5.41) is 12.8. The molecule has 2 nitrogen and oxygen atoms in total. The van der Waals surface area contributed by atoms with Crippen molar-refractivity contribution >= 4 is 52.0 Å². The van der Waals surface area contributed by atoms with Gasteiger partial charge in [0, 0.05) is 27.1 Å². The summed E-state index contributed by atoms with van der Waals surface area (Å²) in [6.45, 7) is 0.474. The highest BCUT2D eigenvalue weighted by Gasteiger charge is 2.23. The molecule has 5 heteroatoms. The SMILES string of the molecule is CSc1ccc(C=C2C[NH+]([O-])c3ccc(Cl)cc32)s1. The van der Waals surface area contributed by atoms with Gasteiger partial charge in [-0.3, -0.25) is 0 Å². The van der Waals surface area contributed by atoms with Crippen molar-refractivity contribution < 1.29 is 5.06 Å². The molecule has 1 aromatic carbocycles. The van der Waals surface area contributed by atoms with Crippen LogP contribution in [0.25, 0.3) is 11.6 Å². The average molecular weight is 310 g/mol. The average Bonchev–Trinajstić information content (AvgIpc) is 2.96. The Bertz CT molecular complexity index is 651. The molecule has 1 N–H and O–H groups in total. The first-order valence-corrected chi connectivity index (χ1v) is 8.27. The maximum absolute atomic E-state index is 12.0. The molecule has 98 valence electrons. The van der Waals surface area contributed by atoms with Gasteiger partial charge in [-0.1, -0.05) is 11.6 Å². The highest BCUT2D eigenvalue weighted by Crippen LogP contribution is 2.32. The number of hydrogen-bond donors (Lipinski definition) is 1. The lowest BCUT2D eigenvalue weighted by molar-refractivity contribution is -0.762. The van der Waals surface area contributed by atoms with Gasteiger partial charge in [0.25, 0.3) is 0 Å². The third kappa shape index (κ3) is 2.59. The van der Waals surface area contributed by atoms with Crippen LogP contribution in [0.5, 0.6) is 0 Å². The Labute approximate surface area is 125 Å². The summed E-state index contributed by atoms with van der Waals surface area (Å²) < 4.78 is 1.28. The number of thiophene rings is 1. The summed E-state index contributed by atoms with van der Waals surface area (Å²) in [4.78, 5) is 1.18. The van der Waals surface area contributed by atoms with E-state index in [1.165, 1.54) is 9.09 Å². The number of halogens is 1. The van der Waals surface area contributed by atoms with Crippen molar-refractivity contribution in [3.8, 4) is 0 Å². The normalized spacial score (nSPS) is 19.9. The number of hydrogen-bond acceptors (Lipinski definition) is 3. The predicted molar refractivity (Wildman–Crippen MR) is 84.3 cm³/mol. The van der Waals surface area contributed by atoms with Crippen molar-refractivity contribution in [2.45, 2.75) is 4.21 Å². The third-order valence-electron chi connectivity index (χ3n) is 3.10. The van der Waals surface area contributed by atoms with Crippen LogP contribution in [0.1, 0.15) is 10.4 Å². The number of rotatable bonds is 2. The van der Waals surface area contributed by atoms with Gasteiger partial charge >= 0.3 is 0 Å². The second-order valence-corrected chi connectivity index (χ2v) is 6.98. The van der Waals surface area contributed by atoms with Crippen LogP contribution in [0, 0.1) is 5.21 Å². The van der Waals surface area contributed by atoms with Gasteiger partial charge in [-0.05, 0) is 36.6 Å². The molecule has 0 radical (unpaired) electrons. The molecule has 0 spiro atoms. The first-order valence-electron chi connectivity index (χ1n) is 5.85. The minimum atomic E-state index is 0.180. The van der Waals surface area contributed by atoms with Gasteiger partial charge in [-0.2, -0.15) is 0 Å². The lowest BCUT2D eigenvalue weighted by atomic mass is 10.1. The third-order valence-corrected chi connectivity index (χ3v) is 5.45. The highest BCUT2D eigenvalue weighted by molar-refractivity contribution is 8.00. The van der Waals surface area contributed by atoms with Crippen molar-refractivity contribution in [1.29, 1.82) is 0 Å². The second-order valence-electron chi connectivity index (χ2n) is 4.32. The molecule has 0 amide bonds. The van der Waals surface area contributed by atoms with Crippen molar-refractivity contribution in [1.82, 2.24) is 0 Å². The van der Waals surface area contributed by atoms with Gasteiger partial charge in [0.2, 0.25) is 0 Å². The summed E-state index contributed by atoms with van der Waals surface area (Å²) in [6.07, 6.45) is 4.17. The van der Waals surface area contributed by atoms with Crippen LogP contribution in [-0.2, 0) is 0 Å². The smallest absolute Gasteiger partial charge is 0.139 e. The molecule has 1 atom stereocenters. The fourth-order valence-electron chi connectivity index (χ4n) is 2.21. The Balaban J connectivity index is 2.01. The van der Waals surface area contributed by atoms with E-state index in [9.17, 15) is 5.21 Å². The summed E-state index contributed by atoms with van der Waals surface area (Å²) in [5.74, 6) is 0. The molecule has 19 heavy (non-hydrogen) atoms. The molecule has 1 aromatic heterocycles. The number of benzene rings is 1.